The van der Waals surface area contributed by atoms with Crippen molar-refractivity contribution >= 4 is 0 Å². The Bertz CT molecular complexity index is 891. The summed E-state index contributed by atoms with van der Waals surface area (Å²) in [5, 5.41) is 18.9. The first kappa shape index (κ1) is 14.8. The largest absolute Gasteiger partial charge is 0.417 e. The van der Waals surface area contributed by atoms with E-state index in [-0.39, 0.29) is 11.3 Å². The fraction of sp³-hybridized carbons (Fsp3) is 0.0625. The first-order chi connectivity index (χ1) is 11.0. The van der Waals surface area contributed by atoms with Gasteiger partial charge in [-0.05, 0) is 23.3 Å². The third-order valence-corrected chi connectivity index (χ3v) is 3.33. The Balaban J connectivity index is 2.14. The summed E-state index contributed by atoms with van der Waals surface area (Å²) in [6.07, 6.45) is -4.45. The number of hydrogen-bond donors (Lipinski definition) is 1. The van der Waals surface area contributed by atoms with Crippen LogP contribution < -0.4 is 0 Å². The van der Waals surface area contributed by atoms with Gasteiger partial charge in [0.1, 0.15) is 11.8 Å². The summed E-state index contributed by atoms with van der Waals surface area (Å²) in [7, 11) is 0. The number of nitriles is 1. The lowest BCUT2D eigenvalue weighted by Gasteiger charge is -2.13. The molecule has 1 aromatic heterocycles. The summed E-state index contributed by atoms with van der Waals surface area (Å²) < 4.78 is 39.5. The van der Waals surface area contributed by atoms with E-state index in [2.05, 4.69) is 15.4 Å². The second kappa shape index (κ2) is 5.57. The first-order valence-electron chi connectivity index (χ1n) is 6.58. The van der Waals surface area contributed by atoms with Gasteiger partial charge in [0, 0.05) is 5.56 Å². The molecule has 0 aliphatic rings. The van der Waals surface area contributed by atoms with Gasteiger partial charge >= 0.3 is 6.18 Å². The van der Waals surface area contributed by atoms with Gasteiger partial charge < -0.3 is 0 Å². The molecule has 1 N–H and O–H groups in total. The van der Waals surface area contributed by atoms with Crippen LogP contribution in [0.5, 0.6) is 0 Å². The van der Waals surface area contributed by atoms with Crippen LogP contribution >= 0.6 is 0 Å². The average Bonchev–Trinajstić information content (AvgIpc) is 3.03. The zero-order valence-corrected chi connectivity index (χ0v) is 11.6. The number of rotatable bonds is 2. The predicted molar refractivity (Wildman–Crippen MR) is 77.0 cm³/mol. The van der Waals surface area contributed by atoms with Crippen LogP contribution in [-0.4, -0.2) is 15.4 Å². The van der Waals surface area contributed by atoms with Crippen LogP contribution in [0, 0.1) is 11.3 Å². The molecular formula is C16H9F3N4. The standard InChI is InChI=1S/C16H9F3N4/c17-16(18,19)13-7-2-1-6-12(13)10-4-3-5-11(8-10)15-14(9-20)21-23-22-15/h1-8H,(H,21,22,23). The van der Waals surface area contributed by atoms with Crippen LogP contribution in [0.1, 0.15) is 11.3 Å². The highest BCUT2D eigenvalue weighted by Gasteiger charge is 2.33. The molecule has 1 heterocycles. The van der Waals surface area contributed by atoms with Gasteiger partial charge in [0.2, 0.25) is 0 Å². The van der Waals surface area contributed by atoms with Crippen LogP contribution in [0.4, 0.5) is 13.2 Å². The minimum absolute atomic E-state index is 0.0730. The normalized spacial score (nSPS) is 11.2. The second-order valence-electron chi connectivity index (χ2n) is 4.76. The van der Waals surface area contributed by atoms with E-state index >= 15 is 0 Å². The molecule has 114 valence electrons. The molecule has 0 aliphatic heterocycles. The molecule has 0 bridgehead atoms. The number of aromatic nitrogens is 3. The Morgan fingerprint density at radius 3 is 2.43 bits per heavy atom. The van der Waals surface area contributed by atoms with Gasteiger partial charge in [-0.25, -0.2) is 0 Å². The molecule has 4 nitrogen and oxygen atoms in total. The third kappa shape index (κ3) is 2.79. The highest BCUT2D eigenvalue weighted by molar-refractivity contribution is 5.75. The minimum atomic E-state index is -4.45. The van der Waals surface area contributed by atoms with E-state index in [9.17, 15) is 13.2 Å². The van der Waals surface area contributed by atoms with Gasteiger partial charge in [0.25, 0.3) is 0 Å². The number of H-pyrrole nitrogens is 1. The smallest absolute Gasteiger partial charge is 0.196 e. The lowest BCUT2D eigenvalue weighted by atomic mass is 9.97. The summed E-state index contributed by atoms with van der Waals surface area (Å²) in [5.74, 6) is 0. The van der Waals surface area contributed by atoms with Gasteiger partial charge in [-0.3, -0.25) is 0 Å². The van der Waals surface area contributed by atoms with E-state index in [1.807, 2.05) is 6.07 Å². The quantitative estimate of drug-likeness (QED) is 0.776. The molecule has 0 spiro atoms. The van der Waals surface area contributed by atoms with Crippen molar-refractivity contribution in [3.8, 4) is 28.5 Å². The highest BCUT2D eigenvalue weighted by atomic mass is 19.4. The number of nitrogens with zero attached hydrogens (tertiary/aromatic N) is 3. The summed E-state index contributed by atoms with van der Waals surface area (Å²) in [6, 6.07) is 13.7. The van der Waals surface area contributed by atoms with Crippen molar-refractivity contribution in [2.24, 2.45) is 0 Å². The van der Waals surface area contributed by atoms with Crippen LogP contribution in [-0.2, 0) is 6.18 Å². The fourth-order valence-electron chi connectivity index (χ4n) is 2.33. The lowest BCUT2D eigenvalue weighted by Crippen LogP contribution is -2.06. The third-order valence-electron chi connectivity index (χ3n) is 3.33. The lowest BCUT2D eigenvalue weighted by molar-refractivity contribution is -0.137. The number of alkyl halides is 3. The Kier molecular flexibility index (Phi) is 3.58. The number of halogens is 3. The van der Waals surface area contributed by atoms with Crippen molar-refractivity contribution in [3.63, 3.8) is 0 Å². The zero-order valence-electron chi connectivity index (χ0n) is 11.6. The Hall–Kier alpha value is -3.14. The van der Waals surface area contributed by atoms with Crippen molar-refractivity contribution in [2.75, 3.05) is 0 Å². The molecule has 7 heteroatoms. The van der Waals surface area contributed by atoms with Crippen molar-refractivity contribution in [3.05, 3.63) is 59.8 Å². The van der Waals surface area contributed by atoms with Gasteiger partial charge in [-0.1, -0.05) is 36.4 Å². The van der Waals surface area contributed by atoms with Gasteiger partial charge in [0.05, 0.1) is 5.56 Å². The van der Waals surface area contributed by atoms with Crippen LogP contribution in [0.25, 0.3) is 22.4 Å². The van der Waals surface area contributed by atoms with Crippen LogP contribution in [0.3, 0.4) is 0 Å². The highest BCUT2D eigenvalue weighted by Crippen LogP contribution is 2.37. The van der Waals surface area contributed by atoms with Crippen LogP contribution in [0.15, 0.2) is 48.5 Å². The second-order valence-corrected chi connectivity index (χ2v) is 4.76. The molecular weight excluding hydrogens is 305 g/mol. The Morgan fingerprint density at radius 1 is 0.957 bits per heavy atom. The number of hydrogen-bond acceptors (Lipinski definition) is 3. The molecule has 3 rings (SSSR count). The monoisotopic (exact) mass is 314 g/mol. The van der Waals surface area contributed by atoms with Crippen LogP contribution in [0.2, 0.25) is 0 Å². The molecule has 0 saturated heterocycles. The number of aromatic amines is 1. The minimum Gasteiger partial charge on any atom is -0.196 e. The maximum atomic E-state index is 13.2. The summed E-state index contributed by atoms with van der Waals surface area (Å²) in [5.41, 5.74) is 0.666. The predicted octanol–water partition coefficient (Wildman–Crippen LogP) is 4.03. The van der Waals surface area contributed by atoms with Crippen molar-refractivity contribution in [1.82, 2.24) is 15.4 Å². The molecule has 3 aromatic rings. The maximum absolute atomic E-state index is 13.2. The molecule has 2 aromatic carbocycles. The topological polar surface area (TPSA) is 65.4 Å². The average molecular weight is 314 g/mol. The van der Waals surface area contributed by atoms with E-state index in [0.29, 0.717) is 16.8 Å². The number of benzene rings is 2. The molecule has 23 heavy (non-hydrogen) atoms. The SMILES string of the molecule is N#Cc1n[nH]nc1-c1cccc(-c2ccccc2C(F)(F)F)c1. The van der Waals surface area contributed by atoms with E-state index < -0.39 is 11.7 Å². The summed E-state index contributed by atoms with van der Waals surface area (Å²) in [6.45, 7) is 0. The molecule has 0 unspecified atom stereocenters. The Labute approximate surface area is 129 Å². The van der Waals surface area contributed by atoms with Crippen molar-refractivity contribution in [2.45, 2.75) is 6.18 Å². The molecule has 0 radical (unpaired) electrons. The van der Waals surface area contributed by atoms with Gasteiger partial charge in [-0.15, -0.1) is 5.10 Å². The van der Waals surface area contributed by atoms with Gasteiger partial charge in [0.15, 0.2) is 5.69 Å². The maximum Gasteiger partial charge on any atom is 0.417 e. The molecule has 0 amide bonds. The van der Waals surface area contributed by atoms with E-state index in [1.54, 1.807) is 30.3 Å². The summed E-state index contributed by atoms with van der Waals surface area (Å²) >= 11 is 0. The zero-order chi connectivity index (χ0) is 16.4. The van der Waals surface area contributed by atoms with Gasteiger partial charge in [-0.2, -0.15) is 28.7 Å². The van der Waals surface area contributed by atoms with Crippen molar-refractivity contribution < 1.29 is 13.2 Å². The van der Waals surface area contributed by atoms with E-state index in [1.165, 1.54) is 12.1 Å². The molecule has 0 aliphatic carbocycles. The first-order valence-corrected chi connectivity index (χ1v) is 6.58. The molecule has 0 fully saturated rings. The van der Waals surface area contributed by atoms with E-state index in [4.69, 9.17) is 5.26 Å². The number of nitrogens with one attached hydrogen (secondary N) is 1. The molecule has 0 saturated carbocycles. The fourth-order valence-corrected chi connectivity index (χ4v) is 2.33. The Morgan fingerprint density at radius 2 is 1.70 bits per heavy atom. The summed E-state index contributed by atoms with van der Waals surface area (Å²) in [4.78, 5) is 0. The van der Waals surface area contributed by atoms with E-state index in [0.717, 1.165) is 6.07 Å². The molecule has 0 atom stereocenters. The van der Waals surface area contributed by atoms with Crippen molar-refractivity contribution in [1.29, 1.82) is 5.26 Å².